The van der Waals surface area contributed by atoms with Crippen molar-refractivity contribution >= 4 is 57.3 Å². The van der Waals surface area contributed by atoms with Crippen LogP contribution in [-0.4, -0.2) is 27.8 Å². The van der Waals surface area contributed by atoms with E-state index in [1.54, 1.807) is 6.07 Å². The highest BCUT2D eigenvalue weighted by atomic mass is 35.5. The van der Waals surface area contributed by atoms with Crippen molar-refractivity contribution in [2.45, 2.75) is 11.3 Å². The van der Waals surface area contributed by atoms with Crippen LogP contribution >= 0.6 is 34.7 Å². The average molecular weight is 424 g/mol. The molecule has 0 spiro atoms. The van der Waals surface area contributed by atoms with Gasteiger partial charge in [-0.15, -0.1) is 10.2 Å². The van der Waals surface area contributed by atoms with Gasteiger partial charge in [0.2, 0.25) is 11.0 Å². The normalized spacial score (nSPS) is 10.4. The van der Waals surface area contributed by atoms with E-state index in [1.807, 2.05) is 25.1 Å². The molecule has 0 aliphatic rings. The number of benzene rings is 1. The number of thioether (sulfide) groups is 1. The van der Waals surface area contributed by atoms with Gasteiger partial charge in [0.05, 0.1) is 12.0 Å². The van der Waals surface area contributed by atoms with Gasteiger partial charge in [0.25, 0.3) is 0 Å². The Labute approximate surface area is 167 Å². The first-order chi connectivity index (χ1) is 13.0. The summed E-state index contributed by atoms with van der Waals surface area (Å²) in [4.78, 5) is 23.5. The Balaban J connectivity index is 1.47. The summed E-state index contributed by atoms with van der Waals surface area (Å²) in [7, 11) is 0. The maximum atomic E-state index is 11.8. The largest absolute Gasteiger partial charge is 0.459 e. The molecule has 8 nitrogen and oxygen atoms in total. The van der Waals surface area contributed by atoms with Crippen molar-refractivity contribution in [2.24, 2.45) is 0 Å². The second-order valence-electron chi connectivity index (χ2n) is 5.18. The molecule has 1 aromatic carbocycles. The van der Waals surface area contributed by atoms with Gasteiger partial charge >= 0.3 is 5.91 Å². The summed E-state index contributed by atoms with van der Waals surface area (Å²) in [6.07, 6.45) is 1.37. The number of nitrogens with one attached hydrogen (secondary N) is 3. The molecule has 0 saturated carbocycles. The molecule has 2 amide bonds. The van der Waals surface area contributed by atoms with Crippen LogP contribution in [0.5, 0.6) is 0 Å². The fourth-order valence-electron chi connectivity index (χ4n) is 1.94. The van der Waals surface area contributed by atoms with Crippen LogP contribution in [0.2, 0.25) is 5.02 Å². The number of anilines is 2. The maximum Gasteiger partial charge on any atom is 0.305 e. The van der Waals surface area contributed by atoms with Crippen molar-refractivity contribution < 1.29 is 14.0 Å². The first-order valence-electron chi connectivity index (χ1n) is 7.64. The number of hydrogen-bond donors (Lipinski definition) is 3. The fourth-order valence-corrected chi connectivity index (χ4v) is 3.67. The molecular formula is C16H14ClN5O3S2. The van der Waals surface area contributed by atoms with Crippen LogP contribution in [0.1, 0.15) is 16.1 Å². The van der Waals surface area contributed by atoms with Crippen LogP contribution in [0.15, 0.2) is 45.4 Å². The minimum absolute atomic E-state index is 0.0727. The van der Waals surface area contributed by atoms with Crippen LogP contribution < -0.4 is 16.2 Å². The molecule has 3 N–H and O–H groups in total. The molecule has 0 unspecified atom stereocenters. The Kier molecular flexibility index (Phi) is 6.32. The van der Waals surface area contributed by atoms with Crippen molar-refractivity contribution in [3.05, 3.63) is 52.9 Å². The van der Waals surface area contributed by atoms with E-state index in [4.69, 9.17) is 16.0 Å². The average Bonchev–Trinajstić information content (AvgIpc) is 3.34. The molecule has 0 atom stereocenters. The Bertz CT molecular complexity index is 945. The van der Waals surface area contributed by atoms with Crippen LogP contribution in [0.3, 0.4) is 0 Å². The van der Waals surface area contributed by atoms with Crippen molar-refractivity contribution in [3.63, 3.8) is 0 Å². The number of rotatable bonds is 6. The summed E-state index contributed by atoms with van der Waals surface area (Å²) < 4.78 is 5.54. The van der Waals surface area contributed by atoms with Gasteiger partial charge in [-0.05, 0) is 36.8 Å². The molecule has 3 rings (SSSR count). The van der Waals surface area contributed by atoms with E-state index in [0.717, 1.165) is 11.3 Å². The van der Waals surface area contributed by atoms with Gasteiger partial charge in [-0.1, -0.05) is 40.8 Å². The van der Waals surface area contributed by atoms with E-state index in [2.05, 4.69) is 26.4 Å². The van der Waals surface area contributed by atoms with E-state index < -0.39 is 5.91 Å². The molecule has 11 heteroatoms. The van der Waals surface area contributed by atoms with Crippen molar-refractivity contribution in [2.75, 3.05) is 11.1 Å². The third-order valence-corrected chi connectivity index (χ3v) is 5.68. The number of halogens is 1. The molecular weight excluding hydrogens is 410 g/mol. The van der Waals surface area contributed by atoms with Crippen LogP contribution in [0, 0.1) is 6.92 Å². The monoisotopic (exact) mass is 423 g/mol. The Morgan fingerprint density at radius 3 is 2.85 bits per heavy atom. The molecule has 0 aliphatic heterocycles. The quantitative estimate of drug-likeness (QED) is 0.411. The SMILES string of the molecule is Cc1c(Cl)cccc1Nc1nnc(SCC(=O)NNC(=O)c2ccco2)s1. The Morgan fingerprint density at radius 1 is 1.22 bits per heavy atom. The van der Waals surface area contributed by atoms with Gasteiger partial charge in [0.1, 0.15) is 0 Å². The van der Waals surface area contributed by atoms with Gasteiger partial charge in [-0.3, -0.25) is 20.4 Å². The van der Waals surface area contributed by atoms with Gasteiger partial charge in [0, 0.05) is 10.7 Å². The fraction of sp³-hybridized carbons (Fsp3) is 0.125. The molecule has 2 heterocycles. The number of nitrogens with zero attached hydrogens (tertiary/aromatic N) is 2. The predicted molar refractivity (Wildman–Crippen MR) is 104 cm³/mol. The van der Waals surface area contributed by atoms with E-state index in [0.29, 0.717) is 14.5 Å². The number of aromatic nitrogens is 2. The summed E-state index contributed by atoms with van der Waals surface area (Å²) in [5, 5.41) is 12.5. The van der Waals surface area contributed by atoms with Crippen LogP contribution in [0.25, 0.3) is 0 Å². The zero-order chi connectivity index (χ0) is 19.2. The molecule has 0 radical (unpaired) electrons. The molecule has 0 bridgehead atoms. The molecule has 27 heavy (non-hydrogen) atoms. The maximum absolute atomic E-state index is 11.8. The lowest BCUT2D eigenvalue weighted by atomic mass is 10.2. The first kappa shape index (κ1) is 19.2. The van der Waals surface area contributed by atoms with Crippen molar-refractivity contribution in [1.82, 2.24) is 21.0 Å². The summed E-state index contributed by atoms with van der Waals surface area (Å²) in [5.74, 6) is -0.726. The lowest BCUT2D eigenvalue weighted by Crippen LogP contribution is -2.42. The topological polar surface area (TPSA) is 109 Å². The minimum atomic E-state index is -0.530. The summed E-state index contributed by atoms with van der Waals surface area (Å²) in [5.41, 5.74) is 6.33. The van der Waals surface area contributed by atoms with E-state index in [1.165, 1.54) is 35.4 Å². The highest BCUT2D eigenvalue weighted by Crippen LogP contribution is 2.30. The van der Waals surface area contributed by atoms with E-state index in [9.17, 15) is 9.59 Å². The summed E-state index contributed by atoms with van der Waals surface area (Å²) in [6, 6.07) is 8.62. The highest BCUT2D eigenvalue weighted by molar-refractivity contribution is 8.01. The molecule has 140 valence electrons. The van der Waals surface area contributed by atoms with Gasteiger partial charge in [-0.25, -0.2) is 0 Å². The number of furan rings is 1. The van der Waals surface area contributed by atoms with E-state index >= 15 is 0 Å². The third-order valence-electron chi connectivity index (χ3n) is 3.30. The number of hydrazine groups is 1. The number of hydrogen-bond acceptors (Lipinski definition) is 8. The Hall–Kier alpha value is -2.56. The zero-order valence-electron chi connectivity index (χ0n) is 14.0. The van der Waals surface area contributed by atoms with Crippen molar-refractivity contribution in [1.29, 1.82) is 0 Å². The molecule has 0 fully saturated rings. The van der Waals surface area contributed by atoms with Crippen LogP contribution in [0.4, 0.5) is 10.8 Å². The summed E-state index contributed by atoms with van der Waals surface area (Å²) >= 11 is 8.62. The molecule has 0 saturated heterocycles. The van der Waals surface area contributed by atoms with Crippen molar-refractivity contribution in [3.8, 4) is 0 Å². The van der Waals surface area contributed by atoms with Gasteiger partial charge in [0.15, 0.2) is 10.1 Å². The minimum Gasteiger partial charge on any atom is -0.459 e. The lowest BCUT2D eigenvalue weighted by Gasteiger charge is -2.06. The summed E-state index contributed by atoms with van der Waals surface area (Å²) in [6.45, 7) is 1.91. The number of carbonyl (C=O) groups excluding carboxylic acids is 2. The predicted octanol–water partition coefficient (Wildman–Crippen LogP) is 3.39. The van der Waals surface area contributed by atoms with E-state index in [-0.39, 0.29) is 17.4 Å². The highest BCUT2D eigenvalue weighted by Gasteiger charge is 2.12. The zero-order valence-corrected chi connectivity index (χ0v) is 16.4. The molecule has 0 aliphatic carbocycles. The second kappa shape index (κ2) is 8.89. The second-order valence-corrected chi connectivity index (χ2v) is 7.79. The lowest BCUT2D eigenvalue weighted by molar-refractivity contribution is -0.119. The third kappa shape index (κ3) is 5.22. The van der Waals surface area contributed by atoms with Gasteiger partial charge < -0.3 is 9.73 Å². The smallest absolute Gasteiger partial charge is 0.305 e. The Morgan fingerprint density at radius 2 is 2.07 bits per heavy atom. The first-order valence-corrected chi connectivity index (χ1v) is 9.82. The number of carbonyl (C=O) groups is 2. The molecule has 2 aromatic heterocycles. The standard InChI is InChI=1S/C16H14ClN5O3S2/c1-9-10(17)4-2-5-11(9)18-15-21-22-16(27-15)26-8-13(23)19-20-14(24)12-6-3-7-25-12/h2-7H,8H2,1H3,(H,18,21)(H,19,23)(H,20,24). The van der Waals surface area contributed by atoms with Crippen LogP contribution in [-0.2, 0) is 4.79 Å². The van der Waals surface area contributed by atoms with Gasteiger partial charge in [-0.2, -0.15) is 0 Å². The molecule has 3 aromatic rings. The number of amides is 2.